The first-order chi connectivity index (χ1) is 10.6. The molecule has 1 aromatic heterocycles. The molecule has 1 aromatic carbocycles. The molecule has 2 rings (SSSR count). The molecule has 0 radical (unpaired) electrons. The SMILES string of the molecule is C#CC[C@H](NC(=O)Nc1ncc(-c2ccccc2)s1)C(N)=O. The standard InChI is InChI=1S/C15H14N4O2S/c1-2-6-11(13(16)20)18-14(21)19-15-17-9-12(22-15)10-7-4-3-5-8-10/h1,3-5,7-9,11H,6H2,(H2,16,20)(H2,17,18,19,21)/t11-/m0/s1. The van der Waals surface area contributed by atoms with Gasteiger partial charge in [0.2, 0.25) is 5.91 Å². The van der Waals surface area contributed by atoms with Crippen molar-refractivity contribution in [3.05, 3.63) is 36.5 Å². The molecule has 0 aliphatic rings. The predicted molar refractivity (Wildman–Crippen MR) is 86.1 cm³/mol. The van der Waals surface area contributed by atoms with Gasteiger partial charge in [0.05, 0.1) is 4.88 Å². The molecule has 0 bridgehead atoms. The van der Waals surface area contributed by atoms with E-state index < -0.39 is 18.0 Å². The van der Waals surface area contributed by atoms with Gasteiger partial charge in [0, 0.05) is 12.6 Å². The molecule has 3 amide bonds. The Hall–Kier alpha value is -2.85. The number of anilines is 1. The summed E-state index contributed by atoms with van der Waals surface area (Å²) in [5.74, 6) is 1.60. The monoisotopic (exact) mass is 314 g/mol. The Bertz CT molecular complexity index is 706. The minimum absolute atomic E-state index is 0.0376. The van der Waals surface area contributed by atoms with Crippen molar-refractivity contribution in [2.75, 3.05) is 5.32 Å². The summed E-state index contributed by atoms with van der Waals surface area (Å²) < 4.78 is 0. The molecule has 112 valence electrons. The van der Waals surface area contributed by atoms with Crippen LogP contribution in [0.5, 0.6) is 0 Å². The maximum absolute atomic E-state index is 11.8. The van der Waals surface area contributed by atoms with Crippen LogP contribution >= 0.6 is 11.3 Å². The van der Waals surface area contributed by atoms with E-state index in [-0.39, 0.29) is 6.42 Å². The summed E-state index contributed by atoms with van der Waals surface area (Å²) in [6, 6.07) is 8.19. The summed E-state index contributed by atoms with van der Waals surface area (Å²) in [5, 5.41) is 5.39. The van der Waals surface area contributed by atoms with E-state index in [2.05, 4.69) is 21.5 Å². The second-order valence-corrected chi connectivity index (χ2v) is 5.39. The summed E-state index contributed by atoms with van der Waals surface area (Å²) in [4.78, 5) is 28.0. The fourth-order valence-corrected chi connectivity index (χ4v) is 2.52. The van der Waals surface area contributed by atoms with Gasteiger partial charge in [0.25, 0.3) is 0 Å². The third kappa shape index (κ3) is 4.07. The van der Waals surface area contributed by atoms with E-state index in [4.69, 9.17) is 12.2 Å². The summed E-state index contributed by atoms with van der Waals surface area (Å²) >= 11 is 1.32. The second-order valence-electron chi connectivity index (χ2n) is 4.36. The summed E-state index contributed by atoms with van der Waals surface area (Å²) in [6.07, 6.45) is 6.83. The lowest BCUT2D eigenvalue weighted by atomic mass is 10.2. The number of carbonyl (C=O) groups is 2. The van der Waals surface area contributed by atoms with Crippen molar-refractivity contribution in [3.63, 3.8) is 0 Å². The number of nitrogens with two attached hydrogens (primary N) is 1. The molecule has 2 aromatic rings. The van der Waals surface area contributed by atoms with Gasteiger partial charge in [-0.25, -0.2) is 9.78 Å². The average Bonchev–Trinajstić information content (AvgIpc) is 2.96. The van der Waals surface area contributed by atoms with Crippen molar-refractivity contribution >= 4 is 28.4 Å². The van der Waals surface area contributed by atoms with E-state index in [1.807, 2.05) is 30.3 Å². The average molecular weight is 314 g/mol. The molecule has 7 heteroatoms. The lowest BCUT2D eigenvalue weighted by molar-refractivity contribution is -0.119. The third-order valence-electron chi connectivity index (χ3n) is 2.76. The number of hydrogen-bond donors (Lipinski definition) is 3. The first kappa shape index (κ1) is 15.5. The first-order valence-electron chi connectivity index (χ1n) is 6.41. The van der Waals surface area contributed by atoms with Crippen molar-refractivity contribution in [2.45, 2.75) is 12.5 Å². The van der Waals surface area contributed by atoms with E-state index in [0.29, 0.717) is 5.13 Å². The fourth-order valence-electron chi connectivity index (χ4n) is 1.70. The van der Waals surface area contributed by atoms with Gasteiger partial charge < -0.3 is 11.1 Å². The molecule has 0 saturated carbocycles. The highest BCUT2D eigenvalue weighted by molar-refractivity contribution is 7.19. The number of rotatable bonds is 5. The predicted octanol–water partition coefficient (Wildman–Crippen LogP) is 1.81. The number of carbonyl (C=O) groups excluding carboxylic acids is 2. The minimum atomic E-state index is -0.904. The summed E-state index contributed by atoms with van der Waals surface area (Å²) in [6.45, 7) is 0. The normalized spacial score (nSPS) is 11.2. The van der Waals surface area contributed by atoms with Gasteiger partial charge in [-0.3, -0.25) is 10.1 Å². The van der Waals surface area contributed by atoms with Crippen molar-refractivity contribution in [1.82, 2.24) is 10.3 Å². The Morgan fingerprint density at radius 2 is 2.09 bits per heavy atom. The van der Waals surface area contributed by atoms with Crippen molar-refractivity contribution < 1.29 is 9.59 Å². The number of nitrogens with zero attached hydrogens (tertiary/aromatic N) is 1. The molecule has 0 aliphatic heterocycles. The van der Waals surface area contributed by atoms with E-state index in [1.54, 1.807) is 6.20 Å². The molecule has 1 atom stereocenters. The van der Waals surface area contributed by atoms with Gasteiger partial charge in [0.15, 0.2) is 5.13 Å². The Kier molecular flexibility index (Phi) is 5.11. The molecule has 0 fully saturated rings. The molecule has 1 heterocycles. The van der Waals surface area contributed by atoms with Crippen LogP contribution < -0.4 is 16.4 Å². The maximum atomic E-state index is 11.8. The number of urea groups is 1. The number of thiazole rings is 1. The first-order valence-corrected chi connectivity index (χ1v) is 7.23. The number of terminal acetylenes is 1. The lowest BCUT2D eigenvalue weighted by Gasteiger charge is -2.12. The minimum Gasteiger partial charge on any atom is -0.368 e. The quantitative estimate of drug-likeness (QED) is 0.734. The lowest BCUT2D eigenvalue weighted by Crippen LogP contribution is -2.45. The van der Waals surface area contributed by atoms with Crippen LogP contribution in [0.1, 0.15) is 6.42 Å². The fraction of sp³-hybridized carbons (Fsp3) is 0.133. The van der Waals surface area contributed by atoms with Crippen LogP contribution in [0, 0.1) is 12.3 Å². The van der Waals surface area contributed by atoms with E-state index in [9.17, 15) is 9.59 Å². The van der Waals surface area contributed by atoms with Crippen molar-refractivity contribution in [2.24, 2.45) is 5.73 Å². The maximum Gasteiger partial charge on any atom is 0.321 e. The second kappa shape index (κ2) is 7.24. The van der Waals surface area contributed by atoms with E-state index in [0.717, 1.165) is 10.4 Å². The zero-order chi connectivity index (χ0) is 15.9. The number of hydrogen-bond acceptors (Lipinski definition) is 4. The number of amides is 3. The zero-order valence-corrected chi connectivity index (χ0v) is 12.4. The Labute approximate surface area is 131 Å². The van der Waals surface area contributed by atoms with Crippen molar-refractivity contribution in [1.29, 1.82) is 0 Å². The van der Waals surface area contributed by atoms with Crippen LogP contribution in [0.25, 0.3) is 10.4 Å². The van der Waals surface area contributed by atoms with Crippen LogP contribution in [0.2, 0.25) is 0 Å². The Morgan fingerprint density at radius 3 is 2.73 bits per heavy atom. The molecule has 0 saturated heterocycles. The highest BCUT2D eigenvalue weighted by atomic mass is 32.1. The highest BCUT2D eigenvalue weighted by Gasteiger charge is 2.17. The molecular weight excluding hydrogens is 300 g/mol. The number of nitrogens with one attached hydrogen (secondary N) is 2. The smallest absolute Gasteiger partial charge is 0.321 e. The Morgan fingerprint density at radius 1 is 1.36 bits per heavy atom. The highest BCUT2D eigenvalue weighted by Crippen LogP contribution is 2.28. The van der Waals surface area contributed by atoms with Gasteiger partial charge >= 0.3 is 6.03 Å². The molecule has 0 unspecified atom stereocenters. The van der Waals surface area contributed by atoms with E-state index >= 15 is 0 Å². The van der Waals surface area contributed by atoms with Crippen LogP contribution in [0.3, 0.4) is 0 Å². The molecule has 6 nitrogen and oxygen atoms in total. The van der Waals surface area contributed by atoms with Gasteiger partial charge in [-0.05, 0) is 5.56 Å². The third-order valence-corrected chi connectivity index (χ3v) is 3.72. The van der Waals surface area contributed by atoms with Crippen molar-refractivity contribution in [3.8, 4) is 22.8 Å². The number of primary amides is 1. The molecule has 22 heavy (non-hydrogen) atoms. The van der Waals surface area contributed by atoms with E-state index in [1.165, 1.54) is 11.3 Å². The topological polar surface area (TPSA) is 97.1 Å². The number of benzene rings is 1. The van der Waals surface area contributed by atoms with Crippen LogP contribution in [0.15, 0.2) is 36.5 Å². The zero-order valence-electron chi connectivity index (χ0n) is 11.6. The van der Waals surface area contributed by atoms with Gasteiger partial charge in [-0.15, -0.1) is 12.3 Å². The van der Waals surface area contributed by atoms with Gasteiger partial charge in [0.1, 0.15) is 6.04 Å². The van der Waals surface area contributed by atoms with Crippen LogP contribution in [0.4, 0.5) is 9.93 Å². The number of aromatic nitrogens is 1. The van der Waals surface area contributed by atoms with Gasteiger partial charge in [-0.2, -0.15) is 0 Å². The summed E-state index contributed by atoms with van der Waals surface area (Å²) in [7, 11) is 0. The van der Waals surface area contributed by atoms with Gasteiger partial charge in [-0.1, -0.05) is 41.7 Å². The van der Waals surface area contributed by atoms with Crippen LogP contribution in [-0.2, 0) is 4.79 Å². The largest absolute Gasteiger partial charge is 0.368 e. The molecule has 0 aliphatic carbocycles. The summed E-state index contributed by atoms with van der Waals surface area (Å²) in [5.41, 5.74) is 6.16. The Balaban J connectivity index is 2.00. The molecule has 4 N–H and O–H groups in total. The molecule has 0 spiro atoms. The molecular formula is C15H14N4O2S. The van der Waals surface area contributed by atoms with Crippen LogP contribution in [-0.4, -0.2) is 23.0 Å².